The van der Waals surface area contributed by atoms with Crippen LogP contribution in [0.15, 0.2) is 29.6 Å². The Bertz CT molecular complexity index is 946. The SMILES string of the molecule is CCOC(=O)c1c(-c2ccc(F)cc2)csc1NC(=O)CNCCC(C)C.O=C(O)C(=O)O. The summed E-state index contributed by atoms with van der Waals surface area (Å²) in [5, 5.41) is 22.9. The van der Waals surface area contributed by atoms with Gasteiger partial charge in [0.05, 0.1) is 13.2 Å². The second-order valence-corrected chi connectivity index (χ2v) is 7.98. The smallest absolute Gasteiger partial charge is 0.414 e. The first-order valence-corrected chi connectivity index (χ1v) is 11.0. The minimum atomic E-state index is -1.82. The number of carbonyl (C=O) groups excluding carboxylic acids is 2. The van der Waals surface area contributed by atoms with Crippen molar-refractivity contribution in [2.45, 2.75) is 27.2 Å². The molecule has 0 aliphatic rings. The van der Waals surface area contributed by atoms with Crippen molar-refractivity contribution >= 4 is 40.2 Å². The molecule has 0 aliphatic heterocycles. The van der Waals surface area contributed by atoms with Crippen molar-refractivity contribution in [2.75, 3.05) is 25.0 Å². The van der Waals surface area contributed by atoms with Gasteiger partial charge in [0.25, 0.3) is 0 Å². The quantitative estimate of drug-likeness (QED) is 0.242. The molecule has 0 atom stereocenters. The molecule has 4 N–H and O–H groups in total. The lowest BCUT2D eigenvalue weighted by Crippen LogP contribution is -2.29. The molecule has 0 radical (unpaired) electrons. The minimum absolute atomic E-state index is 0.165. The van der Waals surface area contributed by atoms with Gasteiger partial charge in [-0.2, -0.15) is 0 Å². The van der Waals surface area contributed by atoms with E-state index >= 15 is 0 Å². The van der Waals surface area contributed by atoms with Crippen molar-refractivity contribution in [3.8, 4) is 11.1 Å². The molecule has 0 saturated heterocycles. The van der Waals surface area contributed by atoms with E-state index in [1.165, 1.54) is 23.5 Å². The molecular formula is C22H27FN2O7S. The number of hydrogen-bond donors (Lipinski definition) is 4. The van der Waals surface area contributed by atoms with Crippen molar-refractivity contribution in [3.63, 3.8) is 0 Å². The van der Waals surface area contributed by atoms with Crippen molar-refractivity contribution < 1.29 is 38.5 Å². The van der Waals surface area contributed by atoms with Crippen molar-refractivity contribution in [1.82, 2.24) is 5.32 Å². The average Bonchev–Trinajstić information content (AvgIpc) is 3.15. The van der Waals surface area contributed by atoms with Gasteiger partial charge in [-0.3, -0.25) is 4.79 Å². The monoisotopic (exact) mass is 482 g/mol. The highest BCUT2D eigenvalue weighted by atomic mass is 32.1. The number of benzene rings is 1. The zero-order valence-electron chi connectivity index (χ0n) is 18.5. The Morgan fingerprint density at radius 3 is 2.21 bits per heavy atom. The Morgan fingerprint density at radius 1 is 1.09 bits per heavy atom. The highest BCUT2D eigenvalue weighted by Crippen LogP contribution is 2.36. The van der Waals surface area contributed by atoms with E-state index in [1.54, 1.807) is 24.4 Å². The van der Waals surface area contributed by atoms with E-state index in [2.05, 4.69) is 24.5 Å². The molecule has 2 aromatic rings. The molecule has 180 valence electrons. The van der Waals surface area contributed by atoms with Crippen LogP contribution in [-0.4, -0.2) is 53.7 Å². The fourth-order valence-electron chi connectivity index (χ4n) is 2.46. The lowest BCUT2D eigenvalue weighted by atomic mass is 10.0. The maximum Gasteiger partial charge on any atom is 0.414 e. The molecule has 1 amide bonds. The summed E-state index contributed by atoms with van der Waals surface area (Å²) >= 11 is 1.25. The molecule has 0 bridgehead atoms. The van der Waals surface area contributed by atoms with Crippen LogP contribution >= 0.6 is 11.3 Å². The van der Waals surface area contributed by atoms with Crippen LogP contribution in [0.3, 0.4) is 0 Å². The van der Waals surface area contributed by atoms with Crippen LogP contribution in [0.5, 0.6) is 0 Å². The minimum Gasteiger partial charge on any atom is -0.473 e. The average molecular weight is 483 g/mol. The third-order valence-electron chi connectivity index (χ3n) is 4.05. The molecule has 2 rings (SSSR count). The molecule has 0 saturated carbocycles. The number of aliphatic carboxylic acids is 2. The lowest BCUT2D eigenvalue weighted by molar-refractivity contribution is -0.159. The number of halogens is 1. The summed E-state index contributed by atoms with van der Waals surface area (Å²) in [5.41, 5.74) is 1.59. The fraction of sp³-hybridized carbons (Fsp3) is 0.364. The Balaban J connectivity index is 0.000000801. The molecule has 0 spiro atoms. The van der Waals surface area contributed by atoms with E-state index in [4.69, 9.17) is 24.5 Å². The van der Waals surface area contributed by atoms with Gasteiger partial charge in [-0.25, -0.2) is 18.8 Å². The van der Waals surface area contributed by atoms with Gasteiger partial charge >= 0.3 is 17.9 Å². The molecule has 0 aliphatic carbocycles. The number of carboxylic acids is 2. The zero-order chi connectivity index (χ0) is 25.0. The number of amides is 1. The third kappa shape index (κ3) is 9.79. The number of thiophene rings is 1. The van der Waals surface area contributed by atoms with Gasteiger partial charge in [0.2, 0.25) is 5.91 Å². The molecule has 33 heavy (non-hydrogen) atoms. The number of esters is 1. The maximum atomic E-state index is 13.2. The number of carbonyl (C=O) groups is 4. The molecule has 1 heterocycles. The topological polar surface area (TPSA) is 142 Å². The van der Waals surface area contributed by atoms with Crippen LogP contribution < -0.4 is 10.6 Å². The summed E-state index contributed by atoms with van der Waals surface area (Å²) in [4.78, 5) is 42.9. The Kier molecular flexibility index (Phi) is 11.7. The van der Waals surface area contributed by atoms with Gasteiger partial charge in [0.15, 0.2) is 0 Å². The summed E-state index contributed by atoms with van der Waals surface area (Å²) in [7, 11) is 0. The Morgan fingerprint density at radius 2 is 1.70 bits per heavy atom. The predicted octanol–water partition coefficient (Wildman–Crippen LogP) is 3.46. The number of carboxylic acid groups (broad SMARTS) is 2. The number of rotatable bonds is 9. The molecular weight excluding hydrogens is 455 g/mol. The number of anilines is 1. The van der Waals surface area contributed by atoms with E-state index in [0.29, 0.717) is 27.6 Å². The van der Waals surface area contributed by atoms with Gasteiger partial charge < -0.3 is 25.6 Å². The Labute approximate surface area is 194 Å². The normalized spacial score (nSPS) is 10.2. The second kappa shape index (κ2) is 14.0. The molecule has 11 heteroatoms. The van der Waals surface area contributed by atoms with E-state index in [-0.39, 0.29) is 24.9 Å². The van der Waals surface area contributed by atoms with Crippen molar-refractivity contribution in [2.24, 2.45) is 5.92 Å². The molecule has 9 nitrogen and oxygen atoms in total. The van der Waals surface area contributed by atoms with Gasteiger partial charge in [-0.1, -0.05) is 26.0 Å². The van der Waals surface area contributed by atoms with Crippen LogP contribution in [-0.2, 0) is 19.1 Å². The molecule has 0 unspecified atom stereocenters. The summed E-state index contributed by atoms with van der Waals surface area (Å²) in [6.45, 7) is 7.10. The Hall–Kier alpha value is -3.31. The van der Waals surface area contributed by atoms with Crippen molar-refractivity contribution in [3.05, 3.63) is 41.0 Å². The van der Waals surface area contributed by atoms with E-state index in [9.17, 15) is 14.0 Å². The second-order valence-electron chi connectivity index (χ2n) is 7.10. The lowest BCUT2D eigenvalue weighted by Gasteiger charge is -2.10. The highest BCUT2D eigenvalue weighted by molar-refractivity contribution is 7.15. The zero-order valence-corrected chi connectivity index (χ0v) is 19.3. The third-order valence-corrected chi connectivity index (χ3v) is 4.94. The van der Waals surface area contributed by atoms with Gasteiger partial charge in [-0.15, -0.1) is 11.3 Å². The number of nitrogens with one attached hydrogen (secondary N) is 2. The van der Waals surface area contributed by atoms with Crippen molar-refractivity contribution in [1.29, 1.82) is 0 Å². The van der Waals surface area contributed by atoms with Gasteiger partial charge in [-0.05, 0) is 43.5 Å². The summed E-state index contributed by atoms with van der Waals surface area (Å²) in [5.74, 6) is -4.18. The molecule has 1 aromatic heterocycles. The van der Waals surface area contributed by atoms with Gasteiger partial charge in [0.1, 0.15) is 16.4 Å². The maximum absolute atomic E-state index is 13.2. The van der Waals surface area contributed by atoms with Crippen LogP contribution in [0.4, 0.5) is 9.39 Å². The van der Waals surface area contributed by atoms with E-state index in [1.807, 2.05) is 0 Å². The largest absolute Gasteiger partial charge is 0.473 e. The summed E-state index contributed by atoms with van der Waals surface area (Å²) < 4.78 is 18.3. The summed E-state index contributed by atoms with van der Waals surface area (Å²) in [6, 6.07) is 5.86. The van der Waals surface area contributed by atoms with Crippen LogP contribution in [0, 0.1) is 11.7 Å². The van der Waals surface area contributed by atoms with E-state index in [0.717, 1.165) is 13.0 Å². The van der Waals surface area contributed by atoms with E-state index < -0.39 is 17.9 Å². The first-order valence-electron chi connectivity index (χ1n) is 10.1. The van der Waals surface area contributed by atoms with Crippen LogP contribution in [0.1, 0.15) is 37.6 Å². The summed E-state index contributed by atoms with van der Waals surface area (Å²) in [6.07, 6.45) is 0.981. The standard InChI is InChI=1S/C20H25FN2O3S.C2H2O4/c1-4-26-20(25)18-16(14-5-7-15(21)8-6-14)12-27-19(18)23-17(24)11-22-10-9-13(2)3;3-1(4)2(5)6/h5-8,12-13,22H,4,9-11H2,1-3H3,(H,23,24);(H,3,4)(H,5,6). The highest BCUT2D eigenvalue weighted by Gasteiger charge is 2.22. The fourth-order valence-corrected chi connectivity index (χ4v) is 3.43. The first-order chi connectivity index (χ1) is 15.6. The number of hydrogen-bond acceptors (Lipinski definition) is 7. The first kappa shape index (κ1) is 27.7. The van der Waals surface area contributed by atoms with Crippen LogP contribution in [0.25, 0.3) is 11.1 Å². The molecule has 1 aromatic carbocycles. The number of ether oxygens (including phenoxy) is 1. The van der Waals surface area contributed by atoms with Gasteiger partial charge in [0, 0.05) is 10.9 Å². The predicted molar refractivity (Wildman–Crippen MR) is 122 cm³/mol. The molecule has 0 fully saturated rings. The van der Waals surface area contributed by atoms with Crippen LogP contribution in [0.2, 0.25) is 0 Å².